The zero-order chi connectivity index (χ0) is 33.7. The fourth-order valence-corrected chi connectivity index (χ4v) is 8.41. The maximum atomic E-state index is 5.31. The van der Waals surface area contributed by atoms with Crippen molar-refractivity contribution in [3.05, 3.63) is 176 Å². The summed E-state index contributed by atoms with van der Waals surface area (Å²) in [6.45, 7) is 0. The standard InChI is InChI=1S/C47H29N3S/c1-3-11-30(12-4-1)31-19-21-33(22-20-31)42-29-41(32-13-5-2-6-14-32)49-47(50-42)35-25-23-34(24-26-35)45-44-38(36-15-7-9-17-40(36)48-45)27-28-39-37-16-8-10-18-43(37)51-46(39)44/h1-29H. The molecule has 0 aliphatic rings. The number of pyridine rings is 1. The monoisotopic (exact) mass is 667 g/mol. The van der Waals surface area contributed by atoms with Gasteiger partial charge in [0.15, 0.2) is 5.82 Å². The lowest BCUT2D eigenvalue weighted by Gasteiger charge is -2.12. The molecule has 0 saturated carbocycles. The van der Waals surface area contributed by atoms with Gasteiger partial charge >= 0.3 is 0 Å². The molecule has 0 unspecified atom stereocenters. The van der Waals surface area contributed by atoms with Gasteiger partial charge in [-0.25, -0.2) is 15.0 Å². The quantitative estimate of drug-likeness (QED) is 0.171. The summed E-state index contributed by atoms with van der Waals surface area (Å²) in [7, 11) is 0. The lowest BCUT2D eigenvalue weighted by Crippen LogP contribution is -1.96. The van der Waals surface area contributed by atoms with Crippen LogP contribution in [0.25, 0.3) is 98.1 Å². The molecule has 3 heterocycles. The number of aromatic nitrogens is 3. The maximum Gasteiger partial charge on any atom is 0.160 e. The van der Waals surface area contributed by atoms with Gasteiger partial charge in [0.25, 0.3) is 0 Å². The largest absolute Gasteiger partial charge is 0.247 e. The van der Waals surface area contributed by atoms with E-state index in [1.165, 1.54) is 47.5 Å². The van der Waals surface area contributed by atoms with Gasteiger partial charge in [-0.15, -0.1) is 11.3 Å². The molecule has 51 heavy (non-hydrogen) atoms. The van der Waals surface area contributed by atoms with Crippen LogP contribution >= 0.6 is 11.3 Å². The zero-order valence-electron chi connectivity index (χ0n) is 27.5. The highest BCUT2D eigenvalue weighted by atomic mass is 32.1. The van der Waals surface area contributed by atoms with Crippen molar-refractivity contribution in [1.82, 2.24) is 15.0 Å². The fraction of sp³-hybridized carbons (Fsp3) is 0. The molecule has 7 aromatic carbocycles. The van der Waals surface area contributed by atoms with Crippen molar-refractivity contribution in [2.45, 2.75) is 0 Å². The van der Waals surface area contributed by atoms with Gasteiger partial charge in [-0.2, -0.15) is 0 Å². The Morgan fingerprint density at radius 2 is 0.882 bits per heavy atom. The van der Waals surface area contributed by atoms with Crippen LogP contribution < -0.4 is 0 Å². The lowest BCUT2D eigenvalue weighted by molar-refractivity contribution is 1.18. The third kappa shape index (κ3) is 5.16. The van der Waals surface area contributed by atoms with Crippen LogP contribution in [0.4, 0.5) is 0 Å². The van der Waals surface area contributed by atoms with Gasteiger partial charge in [-0.3, -0.25) is 0 Å². The number of hydrogen-bond donors (Lipinski definition) is 0. The Morgan fingerprint density at radius 3 is 1.63 bits per heavy atom. The molecule has 10 rings (SSSR count). The highest BCUT2D eigenvalue weighted by molar-refractivity contribution is 7.26. The molecule has 3 aromatic heterocycles. The highest BCUT2D eigenvalue weighted by Gasteiger charge is 2.17. The SMILES string of the molecule is c1ccc(-c2ccc(-c3cc(-c4ccccc4)nc(-c4ccc(-c5nc6ccccc6c6ccc7c8ccccc8sc7c56)cc4)n3)cc2)cc1. The van der Waals surface area contributed by atoms with Crippen LogP contribution in [0.1, 0.15) is 0 Å². The topological polar surface area (TPSA) is 38.7 Å². The molecule has 0 fully saturated rings. The molecule has 0 radical (unpaired) electrons. The second kappa shape index (κ2) is 12.1. The Bertz CT molecular complexity index is 2880. The van der Waals surface area contributed by atoms with E-state index in [0.29, 0.717) is 5.82 Å². The van der Waals surface area contributed by atoms with E-state index < -0.39 is 0 Å². The third-order valence-corrected chi connectivity index (χ3v) is 10.9. The molecular formula is C47H29N3S. The molecule has 4 heteroatoms. The van der Waals surface area contributed by atoms with E-state index in [4.69, 9.17) is 15.0 Å². The summed E-state index contributed by atoms with van der Waals surface area (Å²) in [4.78, 5) is 15.5. The number of hydrogen-bond acceptors (Lipinski definition) is 4. The fourth-order valence-electron chi connectivity index (χ4n) is 7.15. The van der Waals surface area contributed by atoms with Gasteiger partial charge in [-0.1, -0.05) is 158 Å². The average Bonchev–Trinajstić information content (AvgIpc) is 3.60. The number of fused-ring (bicyclic) bond motifs is 7. The van der Waals surface area contributed by atoms with E-state index in [2.05, 4.69) is 164 Å². The molecule has 238 valence electrons. The van der Waals surface area contributed by atoms with Crippen molar-refractivity contribution >= 4 is 53.2 Å². The van der Waals surface area contributed by atoms with Crippen molar-refractivity contribution in [2.75, 3.05) is 0 Å². The maximum absolute atomic E-state index is 5.31. The summed E-state index contributed by atoms with van der Waals surface area (Å²) < 4.78 is 2.56. The molecule has 0 aliphatic carbocycles. The molecule has 0 amide bonds. The zero-order valence-corrected chi connectivity index (χ0v) is 28.3. The molecule has 0 atom stereocenters. The number of rotatable bonds is 5. The van der Waals surface area contributed by atoms with E-state index in [9.17, 15) is 0 Å². The summed E-state index contributed by atoms with van der Waals surface area (Å²) in [5.74, 6) is 0.688. The molecule has 10 aromatic rings. The Kier molecular flexibility index (Phi) is 7.00. The number of benzene rings is 7. The first kappa shape index (κ1) is 29.4. The minimum absolute atomic E-state index is 0.688. The van der Waals surface area contributed by atoms with Crippen molar-refractivity contribution in [2.24, 2.45) is 0 Å². The van der Waals surface area contributed by atoms with Gasteiger partial charge in [0.2, 0.25) is 0 Å². The van der Waals surface area contributed by atoms with E-state index >= 15 is 0 Å². The van der Waals surface area contributed by atoms with E-state index in [1.54, 1.807) is 0 Å². The summed E-state index contributed by atoms with van der Waals surface area (Å²) in [6.07, 6.45) is 0. The Labute approximate surface area is 299 Å². The minimum atomic E-state index is 0.688. The van der Waals surface area contributed by atoms with Crippen molar-refractivity contribution < 1.29 is 0 Å². The predicted molar refractivity (Wildman–Crippen MR) is 215 cm³/mol. The number of para-hydroxylation sites is 1. The molecule has 0 bridgehead atoms. The van der Waals surface area contributed by atoms with Crippen LogP contribution in [0.3, 0.4) is 0 Å². The Morgan fingerprint density at radius 1 is 0.353 bits per heavy atom. The third-order valence-electron chi connectivity index (χ3n) is 9.71. The molecular weight excluding hydrogens is 639 g/mol. The Balaban J connectivity index is 1.11. The lowest BCUT2D eigenvalue weighted by atomic mass is 9.97. The predicted octanol–water partition coefficient (Wildman–Crippen LogP) is 12.9. The molecule has 0 saturated heterocycles. The van der Waals surface area contributed by atoms with Crippen LogP contribution in [-0.4, -0.2) is 15.0 Å². The summed E-state index contributed by atoms with van der Waals surface area (Å²) in [5, 5.41) is 6.15. The number of thiophene rings is 1. The van der Waals surface area contributed by atoms with Gasteiger partial charge < -0.3 is 0 Å². The average molecular weight is 668 g/mol. The molecule has 0 aliphatic heterocycles. The van der Waals surface area contributed by atoms with E-state index in [1.807, 2.05) is 23.5 Å². The van der Waals surface area contributed by atoms with Crippen LogP contribution in [0, 0.1) is 0 Å². The minimum Gasteiger partial charge on any atom is -0.247 e. The normalized spacial score (nSPS) is 11.5. The van der Waals surface area contributed by atoms with Crippen LogP contribution in [-0.2, 0) is 0 Å². The van der Waals surface area contributed by atoms with Crippen molar-refractivity contribution in [1.29, 1.82) is 0 Å². The first-order valence-electron chi connectivity index (χ1n) is 17.1. The van der Waals surface area contributed by atoms with Gasteiger partial charge in [0, 0.05) is 53.2 Å². The molecule has 0 N–H and O–H groups in total. The second-order valence-corrected chi connectivity index (χ2v) is 13.8. The summed E-state index contributed by atoms with van der Waals surface area (Å²) >= 11 is 1.85. The van der Waals surface area contributed by atoms with Gasteiger partial charge in [0.05, 0.1) is 22.6 Å². The highest BCUT2D eigenvalue weighted by Crippen LogP contribution is 2.43. The van der Waals surface area contributed by atoms with Gasteiger partial charge in [-0.05, 0) is 34.7 Å². The second-order valence-electron chi connectivity index (χ2n) is 12.8. The van der Waals surface area contributed by atoms with Gasteiger partial charge in [0.1, 0.15) is 0 Å². The molecule has 0 spiro atoms. The van der Waals surface area contributed by atoms with Crippen molar-refractivity contribution in [3.63, 3.8) is 0 Å². The van der Waals surface area contributed by atoms with Crippen molar-refractivity contribution in [3.8, 4) is 56.3 Å². The first-order chi connectivity index (χ1) is 25.3. The molecule has 3 nitrogen and oxygen atoms in total. The van der Waals surface area contributed by atoms with Crippen LogP contribution in [0.15, 0.2) is 176 Å². The first-order valence-corrected chi connectivity index (χ1v) is 17.9. The van der Waals surface area contributed by atoms with Crippen LogP contribution in [0.5, 0.6) is 0 Å². The number of nitrogens with zero attached hydrogens (tertiary/aromatic N) is 3. The van der Waals surface area contributed by atoms with E-state index in [-0.39, 0.29) is 0 Å². The smallest absolute Gasteiger partial charge is 0.160 e. The summed E-state index contributed by atoms with van der Waals surface area (Å²) in [5.41, 5.74) is 10.3. The van der Waals surface area contributed by atoms with E-state index in [0.717, 1.165) is 44.9 Å². The van der Waals surface area contributed by atoms with Crippen LogP contribution in [0.2, 0.25) is 0 Å². The summed E-state index contributed by atoms with van der Waals surface area (Å²) in [6, 6.07) is 61.8. The Hall–Kier alpha value is -6.49.